The highest BCUT2D eigenvalue weighted by Gasteiger charge is 2.42. The monoisotopic (exact) mass is 280 g/mol. The molecule has 0 saturated heterocycles. The molecule has 0 amide bonds. The number of rotatable bonds is 6. The zero-order valence-corrected chi connectivity index (χ0v) is 12.8. The molecule has 0 N–H and O–H groups in total. The van der Waals surface area contributed by atoms with Crippen molar-refractivity contribution in [2.45, 2.75) is 59.0 Å². The number of hydrogen-bond acceptors (Lipinski definition) is 4. The third-order valence-electron chi connectivity index (χ3n) is 4.05. The van der Waals surface area contributed by atoms with Gasteiger partial charge in [-0.1, -0.05) is 20.4 Å². The van der Waals surface area contributed by atoms with Gasteiger partial charge < -0.3 is 4.74 Å². The van der Waals surface area contributed by atoms with Crippen molar-refractivity contribution in [1.82, 2.24) is 0 Å². The second-order valence-electron chi connectivity index (χ2n) is 6.66. The number of esters is 1. The van der Waals surface area contributed by atoms with Gasteiger partial charge in [0.05, 0.1) is 0 Å². The van der Waals surface area contributed by atoms with Gasteiger partial charge in [0.2, 0.25) is 5.78 Å². The molecule has 2 atom stereocenters. The molecule has 20 heavy (non-hydrogen) atoms. The van der Waals surface area contributed by atoms with E-state index in [9.17, 15) is 14.4 Å². The van der Waals surface area contributed by atoms with E-state index in [1.165, 1.54) is 13.0 Å². The Balaban J connectivity index is 2.65. The van der Waals surface area contributed by atoms with Gasteiger partial charge in [-0.05, 0) is 38.5 Å². The minimum Gasteiger partial charge on any atom is -0.456 e. The van der Waals surface area contributed by atoms with E-state index in [2.05, 4.69) is 6.58 Å². The first kappa shape index (κ1) is 16.6. The Morgan fingerprint density at radius 3 is 2.50 bits per heavy atom. The van der Waals surface area contributed by atoms with Gasteiger partial charge >= 0.3 is 5.97 Å². The van der Waals surface area contributed by atoms with Crippen LogP contribution < -0.4 is 0 Å². The summed E-state index contributed by atoms with van der Waals surface area (Å²) in [5.74, 6) is -0.842. The van der Waals surface area contributed by atoms with E-state index >= 15 is 0 Å². The van der Waals surface area contributed by atoms with E-state index < -0.39 is 22.8 Å². The molecule has 0 radical (unpaired) electrons. The van der Waals surface area contributed by atoms with Crippen LogP contribution in [-0.2, 0) is 19.1 Å². The van der Waals surface area contributed by atoms with Gasteiger partial charge in [0.1, 0.15) is 5.60 Å². The van der Waals surface area contributed by atoms with Crippen molar-refractivity contribution < 1.29 is 19.1 Å². The average Bonchev–Trinajstić information content (AvgIpc) is 2.68. The molecule has 2 unspecified atom stereocenters. The molecular weight excluding hydrogens is 256 g/mol. The van der Waals surface area contributed by atoms with E-state index in [4.69, 9.17) is 4.74 Å². The highest BCUT2D eigenvalue weighted by atomic mass is 16.6. The lowest BCUT2D eigenvalue weighted by Gasteiger charge is -2.27. The Labute approximate surface area is 120 Å². The standard InChI is InChI=1S/C16H24O4/c1-6-13(18)20-16(5)8-7-12(10-16)9-15(3,4)14(19)11(2)17/h6,12H,1,7-10H2,2-5H3. The van der Waals surface area contributed by atoms with Crippen molar-refractivity contribution in [3.63, 3.8) is 0 Å². The molecule has 0 spiro atoms. The van der Waals surface area contributed by atoms with Gasteiger partial charge in [0.25, 0.3) is 0 Å². The summed E-state index contributed by atoms with van der Waals surface area (Å²) in [6, 6.07) is 0. The molecule has 1 rings (SSSR count). The zero-order valence-electron chi connectivity index (χ0n) is 12.8. The van der Waals surface area contributed by atoms with E-state index in [0.717, 1.165) is 19.3 Å². The maximum atomic E-state index is 11.9. The van der Waals surface area contributed by atoms with Gasteiger partial charge in [0, 0.05) is 18.4 Å². The van der Waals surface area contributed by atoms with Gasteiger partial charge in [-0.15, -0.1) is 0 Å². The van der Waals surface area contributed by atoms with Gasteiger partial charge in [-0.25, -0.2) is 4.79 Å². The normalized spacial score (nSPS) is 26.1. The van der Waals surface area contributed by atoms with E-state index in [0.29, 0.717) is 6.42 Å². The molecule has 0 aromatic carbocycles. The molecule has 0 heterocycles. The summed E-state index contributed by atoms with van der Waals surface area (Å²) >= 11 is 0. The van der Waals surface area contributed by atoms with Crippen molar-refractivity contribution in [1.29, 1.82) is 0 Å². The maximum Gasteiger partial charge on any atom is 0.330 e. The Morgan fingerprint density at radius 1 is 1.40 bits per heavy atom. The summed E-state index contributed by atoms with van der Waals surface area (Å²) in [6.07, 6.45) is 4.22. The molecule has 0 bridgehead atoms. The summed E-state index contributed by atoms with van der Waals surface area (Å²) in [5, 5.41) is 0. The third kappa shape index (κ3) is 4.02. The quantitative estimate of drug-likeness (QED) is 0.426. The third-order valence-corrected chi connectivity index (χ3v) is 4.05. The van der Waals surface area contributed by atoms with Crippen molar-refractivity contribution in [2.75, 3.05) is 0 Å². The highest BCUT2D eigenvalue weighted by molar-refractivity contribution is 6.38. The van der Waals surface area contributed by atoms with Crippen LogP contribution in [0, 0.1) is 11.3 Å². The average molecular weight is 280 g/mol. The molecule has 0 aromatic heterocycles. The van der Waals surface area contributed by atoms with Crippen molar-refractivity contribution in [2.24, 2.45) is 11.3 Å². The lowest BCUT2D eigenvalue weighted by atomic mass is 9.77. The van der Waals surface area contributed by atoms with Crippen LogP contribution in [0.15, 0.2) is 12.7 Å². The van der Waals surface area contributed by atoms with Crippen LogP contribution in [0.4, 0.5) is 0 Å². The first-order valence-corrected chi connectivity index (χ1v) is 7.00. The number of carbonyl (C=O) groups is 3. The van der Waals surface area contributed by atoms with Crippen LogP contribution in [0.25, 0.3) is 0 Å². The molecule has 4 nitrogen and oxygen atoms in total. The first-order chi connectivity index (χ1) is 9.09. The minimum atomic E-state index is -0.649. The largest absolute Gasteiger partial charge is 0.456 e. The van der Waals surface area contributed by atoms with Crippen molar-refractivity contribution in [3.05, 3.63) is 12.7 Å². The van der Waals surface area contributed by atoms with Crippen molar-refractivity contribution in [3.8, 4) is 0 Å². The number of Topliss-reactive ketones (excluding diaryl/α,β-unsaturated/α-hetero) is 2. The van der Waals surface area contributed by atoms with Gasteiger partial charge in [-0.3, -0.25) is 9.59 Å². The van der Waals surface area contributed by atoms with Crippen LogP contribution in [0.2, 0.25) is 0 Å². The van der Waals surface area contributed by atoms with Gasteiger partial charge in [0.15, 0.2) is 5.78 Å². The fraction of sp³-hybridized carbons (Fsp3) is 0.688. The Kier molecular flexibility index (Phi) is 4.90. The van der Waals surface area contributed by atoms with E-state index in [-0.39, 0.29) is 11.7 Å². The van der Waals surface area contributed by atoms with Crippen LogP contribution >= 0.6 is 0 Å². The lowest BCUT2D eigenvalue weighted by Crippen LogP contribution is -2.32. The van der Waals surface area contributed by atoms with Crippen LogP contribution in [-0.4, -0.2) is 23.1 Å². The zero-order chi connectivity index (χ0) is 15.6. The Hall–Kier alpha value is -1.45. The van der Waals surface area contributed by atoms with Crippen molar-refractivity contribution >= 4 is 17.5 Å². The number of ketones is 2. The van der Waals surface area contributed by atoms with E-state index in [1.807, 2.05) is 20.8 Å². The molecule has 1 aliphatic carbocycles. The molecule has 4 heteroatoms. The molecule has 1 fully saturated rings. The molecule has 0 aliphatic heterocycles. The molecule has 1 aliphatic rings. The predicted molar refractivity (Wildman–Crippen MR) is 76.1 cm³/mol. The molecule has 112 valence electrons. The summed E-state index contributed by atoms with van der Waals surface area (Å²) < 4.78 is 5.39. The number of hydrogen-bond donors (Lipinski definition) is 0. The number of carbonyl (C=O) groups excluding carboxylic acids is 3. The highest BCUT2D eigenvalue weighted by Crippen LogP contribution is 2.43. The summed E-state index contributed by atoms with van der Waals surface area (Å²) in [7, 11) is 0. The van der Waals surface area contributed by atoms with Crippen LogP contribution in [0.1, 0.15) is 53.4 Å². The summed E-state index contributed by atoms with van der Waals surface area (Å²) in [6.45, 7) is 10.2. The van der Waals surface area contributed by atoms with E-state index in [1.54, 1.807) is 0 Å². The fourth-order valence-electron chi connectivity index (χ4n) is 3.17. The fourth-order valence-corrected chi connectivity index (χ4v) is 3.17. The van der Waals surface area contributed by atoms with Crippen LogP contribution in [0.3, 0.4) is 0 Å². The van der Waals surface area contributed by atoms with Gasteiger partial charge in [-0.2, -0.15) is 0 Å². The summed E-state index contributed by atoms with van der Waals surface area (Å²) in [4.78, 5) is 34.5. The second-order valence-corrected chi connectivity index (χ2v) is 6.66. The van der Waals surface area contributed by atoms with Crippen LogP contribution in [0.5, 0.6) is 0 Å². The molecule has 1 saturated carbocycles. The maximum absolute atomic E-state index is 11.9. The summed E-state index contributed by atoms with van der Waals surface area (Å²) in [5.41, 5.74) is -1.13. The number of ether oxygens (including phenoxy) is 1. The predicted octanol–water partition coefficient (Wildman–Crippen LogP) is 2.85. The second kappa shape index (κ2) is 5.90. The lowest BCUT2D eigenvalue weighted by molar-refractivity contribution is -0.151. The molecular formula is C16H24O4. The minimum absolute atomic E-state index is 0.288. The SMILES string of the molecule is C=CC(=O)OC1(C)CCC(CC(C)(C)C(=O)C(C)=O)C1. The first-order valence-electron chi connectivity index (χ1n) is 7.00. The smallest absolute Gasteiger partial charge is 0.330 e. The topological polar surface area (TPSA) is 60.4 Å². The molecule has 0 aromatic rings. The Bertz CT molecular complexity index is 436. The Morgan fingerprint density at radius 2 is 2.00 bits per heavy atom.